The summed E-state index contributed by atoms with van der Waals surface area (Å²) < 4.78 is 21.4. The number of ether oxygens (including phenoxy) is 1. The third kappa shape index (κ3) is 10.4. The van der Waals surface area contributed by atoms with Crippen molar-refractivity contribution in [1.29, 1.82) is 0 Å². The lowest BCUT2D eigenvalue weighted by atomic mass is 9.95. The molecule has 0 bridgehead atoms. The molecule has 0 aliphatic heterocycles. The van der Waals surface area contributed by atoms with Crippen LogP contribution in [0.2, 0.25) is 0 Å². The van der Waals surface area contributed by atoms with Crippen molar-refractivity contribution < 1.29 is 34.1 Å². The van der Waals surface area contributed by atoms with Gasteiger partial charge in [-0.1, -0.05) is 62.4 Å². The summed E-state index contributed by atoms with van der Waals surface area (Å²) in [7, 11) is 0. The van der Waals surface area contributed by atoms with Crippen molar-refractivity contribution in [3.8, 4) is 22.4 Å². The number of hydrogen-bond donors (Lipinski definition) is 3. The van der Waals surface area contributed by atoms with Crippen LogP contribution in [-0.2, 0) is 27.5 Å². The van der Waals surface area contributed by atoms with Crippen molar-refractivity contribution >= 4 is 11.7 Å². The molecule has 0 saturated heterocycles. The number of nitrogens with zero attached hydrogens (tertiary/aromatic N) is 2. The molecule has 0 saturated carbocycles. The molecule has 1 heterocycles. The molecule has 0 aliphatic carbocycles. The molecule has 0 aliphatic rings. The van der Waals surface area contributed by atoms with Crippen LogP contribution in [0.1, 0.15) is 63.1 Å². The van der Waals surface area contributed by atoms with Gasteiger partial charge in [-0.05, 0) is 79.1 Å². The number of rotatable bonds is 19. The number of anilines is 1. The highest BCUT2D eigenvalue weighted by Crippen LogP contribution is 2.42. The van der Waals surface area contributed by atoms with Crippen molar-refractivity contribution in [2.75, 3.05) is 18.5 Å². The summed E-state index contributed by atoms with van der Waals surface area (Å²) in [5.74, 6) is -0.850. The number of hydrogen-bond acceptors (Lipinski definition) is 8. The Balaban J connectivity index is 1.56. The summed E-state index contributed by atoms with van der Waals surface area (Å²) >= 11 is 0. The Morgan fingerprint density at radius 1 is 0.917 bits per heavy atom. The third-order valence-corrected chi connectivity index (χ3v) is 8.01. The molecule has 0 fully saturated rings. The molecular formula is C37H44FN3O7. The summed E-state index contributed by atoms with van der Waals surface area (Å²) in [6, 6.07) is 26.5. The van der Waals surface area contributed by atoms with Gasteiger partial charge in [0.2, 0.25) is 0 Å². The molecule has 4 rings (SSSR count). The molecule has 10 nitrogen and oxygen atoms in total. The zero-order chi connectivity index (χ0) is 34.5. The maximum atomic E-state index is 14.1. The topological polar surface area (TPSA) is 136 Å². The van der Waals surface area contributed by atoms with Crippen LogP contribution >= 0.6 is 0 Å². The summed E-state index contributed by atoms with van der Waals surface area (Å²) in [6.07, 6.45) is -1.30. The van der Waals surface area contributed by atoms with Crippen LogP contribution in [0.25, 0.3) is 22.4 Å². The van der Waals surface area contributed by atoms with Crippen LogP contribution < -0.4 is 5.32 Å². The summed E-state index contributed by atoms with van der Waals surface area (Å²) in [5, 5.41) is 34.5. The Hall–Kier alpha value is -4.74. The second kappa shape index (κ2) is 18.0. The fraction of sp³-hybridized carbons (Fsp3) is 0.378. The average molecular weight is 662 g/mol. The Bertz CT molecular complexity index is 1590. The van der Waals surface area contributed by atoms with Crippen molar-refractivity contribution in [1.82, 2.24) is 4.57 Å². The molecule has 4 aromatic rings. The van der Waals surface area contributed by atoms with Gasteiger partial charge < -0.3 is 29.7 Å². The molecule has 0 spiro atoms. The van der Waals surface area contributed by atoms with Crippen LogP contribution in [0.3, 0.4) is 0 Å². The second-order valence-corrected chi connectivity index (χ2v) is 12.0. The van der Waals surface area contributed by atoms with E-state index in [4.69, 9.17) is 4.74 Å². The lowest BCUT2D eigenvalue weighted by Gasteiger charge is -2.20. The predicted molar refractivity (Wildman–Crippen MR) is 182 cm³/mol. The Kier molecular flexibility index (Phi) is 13.5. The Morgan fingerprint density at radius 2 is 1.56 bits per heavy atom. The van der Waals surface area contributed by atoms with E-state index in [-0.39, 0.29) is 37.8 Å². The minimum Gasteiger partial charge on any atom is -0.466 e. The molecule has 2 atom stereocenters. The van der Waals surface area contributed by atoms with E-state index < -0.39 is 23.3 Å². The first-order valence-electron chi connectivity index (χ1n) is 16.3. The maximum Gasteiger partial charge on any atom is 0.308 e. The number of aliphatic hydroxyl groups is 2. The second-order valence-electron chi connectivity index (χ2n) is 12.0. The van der Waals surface area contributed by atoms with E-state index in [1.807, 2.05) is 48.5 Å². The van der Waals surface area contributed by atoms with Gasteiger partial charge in [0.05, 0.1) is 37.5 Å². The zero-order valence-corrected chi connectivity index (χ0v) is 27.4. The minimum atomic E-state index is -1.11. The van der Waals surface area contributed by atoms with E-state index in [9.17, 15) is 29.5 Å². The van der Waals surface area contributed by atoms with Crippen LogP contribution in [0.4, 0.5) is 10.1 Å². The lowest BCUT2D eigenvalue weighted by molar-refractivity contribution is -0.757. The van der Waals surface area contributed by atoms with Crippen molar-refractivity contribution in [3.05, 3.63) is 112 Å². The Morgan fingerprint density at radius 3 is 2.21 bits per heavy atom. The normalized spacial score (nSPS) is 12.5. The fourth-order valence-corrected chi connectivity index (χ4v) is 5.90. The zero-order valence-electron chi connectivity index (χ0n) is 27.4. The van der Waals surface area contributed by atoms with Crippen molar-refractivity contribution in [3.63, 3.8) is 0 Å². The third-order valence-electron chi connectivity index (χ3n) is 8.01. The quantitative estimate of drug-likeness (QED) is 0.0418. The number of benzene rings is 3. The van der Waals surface area contributed by atoms with Gasteiger partial charge in [0.25, 0.3) is 5.09 Å². The van der Waals surface area contributed by atoms with E-state index >= 15 is 0 Å². The summed E-state index contributed by atoms with van der Waals surface area (Å²) in [5.41, 5.74) is 6.95. The van der Waals surface area contributed by atoms with Gasteiger partial charge in [0.1, 0.15) is 5.82 Å². The highest BCUT2D eigenvalue weighted by molar-refractivity contribution is 5.86. The summed E-state index contributed by atoms with van der Waals surface area (Å²) in [4.78, 5) is 26.6. The number of carbonyl (C=O) groups excluding carboxylic acids is 1. The number of para-hydroxylation sites is 1. The molecule has 1 unspecified atom stereocenters. The first-order valence-corrected chi connectivity index (χ1v) is 16.3. The minimum absolute atomic E-state index is 0.0239. The monoisotopic (exact) mass is 661 g/mol. The molecule has 256 valence electrons. The lowest BCUT2D eigenvalue weighted by Crippen LogP contribution is -2.23. The number of aliphatic hydroxyl groups excluding tert-OH is 2. The van der Waals surface area contributed by atoms with Crippen LogP contribution in [0, 0.1) is 15.9 Å². The first-order chi connectivity index (χ1) is 23.1. The van der Waals surface area contributed by atoms with Gasteiger partial charge in [0, 0.05) is 35.6 Å². The van der Waals surface area contributed by atoms with E-state index in [0.717, 1.165) is 39.3 Å². The number of unbranched alkanes of at least 4 members (excludes halogenated alkanes) is 1. The molecule has 11 heteroatoms. The largest absolute Gasteiger partial charge is 0.466 e. The van der Waals surface area contributed by atoms with Crippen molar-refractivity contribution in [2.45, 2.75) is 77.2 Å². The fourth-order valence-electron chi connectivity index (χ4n) is 5.90. The highest BCUT2D eigenvalue weighted by atomic mass is 19.1. The maximum absolute atomic E-state index is 14.1. The standard InChI is InChI=1S/C37H44FN3O7/c1-26(2)36-33(25-39-30-13-7-4-8-14-30)35(27-11-5-3-6-12-27)37(28-15-17-29(38)18-16-28)40(36)20-19-31(42)23-32(43)24-34(44)47-21-9-10-22-48-41(45)46/h3-8,11-18,26,31-32,39,42-43H,9-10,19-25H2,1-2H3/t31-,32?/m1/s1. The summed E-state index contributed by atoms with van der Waals surface area (Å²) in [6.45, 7) is 5.17. The van der Waals surface area contributed by atoms with Crippen LogP contribution in [0.15, 0.2) is 84.9 Å². The number of halogens is 1. The number of nitrogens with one attached hydrogen (secondary N) is 1. The number of aromatic nitrogens is 1. The molecule has 3 aromatic carbocycles. The molecule has 3 N–H and O–H groups in total. The van der Waals surface area contributed by atoms with Crippen LogP contribution in [0.5, 0.6) is 0 Å². The highest BCUT2D eigenvalue weighted by Gasteiger charge is 2.27. The van der Waals surface area contributed by atoms with Gasteiger partial charge in [-0.3, -0.25) is 4.79 Å². The molecular weight excluding hydrogens is 617 g/mol. The van der Waals surface area contributed by atoms with Gasteiger partial charge in [0.15, 0.2) is 0 Å². The molecule has 0 radical (unpaired) electrons. The molecule has 0 amide bonds. The van der Waals surface area contributed by atoms with E-state index in [1.165, 1.54) is 12.1 Å². The molecule has 1 aromatic heterocycles. The smallest absolute Gasteiger partial charge is 0.308 e. The van der Waals surface area contributed by atoms with E-state index in [2.05, 4.69) is 40.7 Å². The van der Waals surface area contributed by atoms with Gasteiger partial charge in [-0.2, -0.15) is 0 Å². The first kappa shape index (κ1) is 36.1. The van der Waals surface area contributed by atoms with E-state index in [1.54, 1.807) is 12.1 Å². The molecule has 48 heavy (non-hydrogen) atoms. The van der Waals surface area contributed by atoms with Gasteiger partial charge in [-0.25, -0.2) is 4.39 Å². The van der Waals surface area contributed by atoms with Gasteiger partial charge in [-0.15, -0.1) is 10.1 Å². The Labute approximate surface area is 280 Å². The predicted octanol–water partition coefficient (Wildman–Crippen LogP) is 7.12. The van der Waals surface area contributed by atoms with E-state index in [0.29, 0.717) is 32.4 Å². The SMILES string of the molecule is CC(C)c1c(CNc2ccccc2)c(-c2ccccc2)c(-c2ccc(F)cc2)n1CC[C@@H](O)CC(O)CC(=O)OCCCCO[N+](=O)[O-]. The average Bonchev–Trinajstić information content (AvgIpc) is 3.39. The van der Waals surface area contributed by atoms with Gasteiger partial charge >= 0.3 is 5.97 Å². The van der Waals surface area contributed by atoms with Crippen LogP contribution in [-0.4, -0.2) is 51.3 Å². The van der Waals surface area contributed by atoms with Crippen molar-refractivity contribution in [2.24, 2.45) is 0 Å². The number of carbonyl (C=O) groups is 1. The number of esters is 1.